The maximum absolute atomic E-state index is 4.04. The number of rotatable bonds is 1. The average molecular weight is 226 g/mol. The van der Waals surface area contributed by atoms with E-state index in [1.165, 1.54) is 4.68 Å². The molecule has 2 aromatic rings. The van der Waals surface area contributed by atoms with Gasteiger partial charge in [0.15, 0.2) is 5.82 Å². The van der Waals surface area contributed by atoms with Crippen molar-refractivity contribution in [1.29, 1.82) is 0 Å². The summed E-state index contributed by atoms with van der Waals surface area (Å²) < 4.78 is 2.21. The molecule has 0 saturated heterocycles. The summed E-state index contributed by atoms with van der Waals surface area (Å²) in [5.74, 6) is 0.649. The lowest BCUT2D eigenvalue weighted by Crippen LogP contribution is -1.97. The maximum atomic E-state index is 4.04. The lowest BCUT2D eigenvalue weighted by atomic mass is 10.6. The van der Waals surface area contributed by atoms with Crippen molar-refractivity contribution < 1.29 is 0 Å². The van der Waals surface area contributed by atoms with E-state index in [0.717, 1.165) is 0 Å². The molecule has 0 spiro atoms. The molecule has 2 heterocycles. The Labute approximate surface area is 76.6 Å². The zero-order chi connectivity index (χ0) is 8.39. The zero-order valence-corrected chi connectivity index (χ0v) is 7.51. The van der Waals surface area contributed by atoms with Crippen molar-refractivity contribution in [3.05, 3.63) is 29.4 Å². The third-order valence-corrected chi connectivity index (χ3v) is 1.61. The summed E-state index contributed by atoms with van der Waals surface area (Å²) in [4.78, 5) is 7.94. The third-order valence-electron chi connectivity index (χ3n) is 1.25. The first-order valence-corrected chi connectivity index (χ1v) is 4.00. The van der Waals surface area contributed by atoms with Gasteiger partial charge in [0.05, 0.1) is 12.4 Å². The molecule has 0 N–H and O–H groups in total. The maximum Gasteiger partial charge on any atom is 0.173 e. The fourth-order valence-electron chi connectivity index (χ4n) is 0.765. The number of halogens is 1. The molecule has 0 bridgehead atoms. The molecule has 60 valence electrons. The molecule has 6 heteroatoms. The van der Waals surface area contributed by atoms with Crippen LogP contribution in [0.15, 0.2) is 29.4 Å². The molecule has 0 aliphatic rings. The molecule has 5 nitrogen and oxygen atoms in total. The van der Waals surface area contributed by atoms with Crippen LogP contribution < -0.4 is 0 Å². The molecule has 2 aromatic heterocycles. The molecule has 0 atom stereocenters. The van der Waals surface area contributed by atoms with Gasteiger partial charge in [0.1, 0.15) is 4.60 Å². The average Bonchev–Trinajstić information content (AvgIpc) is 2.54. The SMILES string of the molecule is Brc1cn(-c2cnccn2)nn1. The zero-order valence-electron chi connectivity index (χ0n) is 5.92. The van der Waals surface area contributed by atoms with Crippen LogP contribution in [0.4, 0.5) is 0 Å². The fraction of sp³-hybridized carbons (Fsp3) is 0. The van der Waals surface area contributed by atoms with Gasteiger partial charge >= 0.3 is 0 Å². The van der Waals surface area contributed by atoms with Gasteiger partial charge in [-0.1, -0.05) is 5.21 Å². The lowest BCUT2D eigenvalue weighted by molar-refractivity contribution is 0.775. The topological polar surface area (TPSA) is 56.5 Å². The Balaban J connectivity index is 2.45. The lowest BCUT2D eigenvalue weighted by Gasteiger charge is -1.94. The molecule has 0 fully saturated rings. The minimum atomic E-state index is 0.649. The summed E-state index contributed by atoms with van der Waals surface area (Å²) in [6.07, 6.45) is 6.53. The van der Waals surface area contributed by atoms with Crippen molar-refractivity contribution in [3.8, 4) is 5.82 Å². The highest BCUT2D eigenvalue weighted by Gasteiger charge is 1.99. The van der Waals surface area contributed by atoms with Crippen LogP contribution in [0.5, 0.6) is 0 Å². The Bertz CT molecular complexity index is 370. The van der Waals surface area contributed by atoms with Gasteiger partial charge in [-0.3, -0.25) is 4.98 Å². The largest absolute Gasteiger partial charge is 0.259 e. The van der Waals surface area contributed by atoms with Crippen molar-refractivity contribution in [2.45, 2.75) is 0 Å². The molecule has 12 heavy (non-hydrogen) atoms. The van der Waals surface area contributed by atoms with Gasteiger partial charge in [0.25, 0.3) is 0 Å². The van der Waals surface area contributed by atoms with Crippen molar-refractivity contribution in [2.75, 3.05) is 0 Å². The molecule has 0 saturated carbocycles. The molecule has 0 aromatic carbocycles. The van der Waals surface area contributed by atoms with E-state index in [9.17, 15) is 0 Å². The first-order chi connectivity index (χ1) is 5.86. The minimum Gasteiger partial charge on any atom is -0.259 e. The van der Waals surface area contributed by atoms with Gasteiger partial charge in [0.2, 0.25) is 0 Å². The van der Waals surface area contributed by atoms with Crippen molar-refractivity contribution in [2.24, 2.45) is 0 Å². The second-order valence-electron chi connectivity index (χ2n) is 2.05. The Hall–Kier alpha value is -1.30. The van der Waals surface area contributed by atoms with E-state index in [-0.39, 0.29) is 0 Å². The van der Waals surface area contributed by atoms with Gasteiger partial charge < -0.3 is 0 Å². The monoisotopic (exact) mass is 225 g/mol. The number of hydrogen-bond donors (Lipinski definition) is 0. The van der Waals surface area contributed by atoms with Gasteiger partial charge in [-0.25, -0.2) is 4.98 Å². The van der Waals surface area contributed by atoms with Crippen LogP contribution in [-0.2, 0) is 0 Å². The van der Waals surface area contributed by atoms with Crippen LogP contribution in [-0.4, -0.2) is 25.0 Å². The summed E-state index contributed by atoms with van der Waals surface area (Å²) in [7, 11) is 0. The van der Waals surface area contributed by atoms with Crippen molar-refractivity contribution in [3.63, 3.8) is 0 Å². The Kier molecular flexibility index (Phi) is 1.83. The highest BCUT2D eigenvalue weighted by Crippen LogP contribution is 2.05. The summed E-state index contributed by atoms with van der Waals surface area (Å²) in [6.45, 7) is 0. The predicted octanol–water partition coefficient (Wildman–Crippen LogP) is 0.820. The van der Waals surface area contributed by atoms with E-state index in [0.29, 0.717) is 10.4 Å². The molecule has 0 amide bonds. The second-order valence-corrected chi connectivity index (χ2v) is 2.86. The van der Waals surface area contributed by atoms with Crippen LogP contribution in [0.3, 0.4) is 0 Å². The van der Waals surface area contributed by atoms with E-state index in [1.54, 1.807) is 24.8 Å². The summed E-state index contributed by atoms with van der Waals surface area (Å²) in [5, 5.41) is 7.56. The van der Waals surface area contributed by atoms with Crippen molar-refractivity contribution >= 4 is 15.9 Å². The van der Waals surface area contributed by atoms with E-state index in [4.69, 9.17) is 0 Å². The number of aromatic nitrogens is 5. The Morgan fingerprint density at radius 2 is 2.25 bits per heavy atom. The molecule has 0 radical (unpaired) electrons. The highest BCUT2D eigenvalue weighted by molar-refractivity contribution is 9.10. The number of hydrogen-bond acceptors (Lipinski definition) is 4. The second kappa shape index (κ2) is 2.98. The highest BCUT2D eigenvalue weighted by atomic mass is 79.9. The molecular formula is C6H4BrN5. The fourth-order valence-corrected chi connectivity index (χ4v) is 1.03. The first kappa shape index (κ1) is 7.35. The molecule has 2 rings (SSSR count). The van der Waals surface area contributed by atoms with Gasteiger partial charge in [0, 0.05) is 12.4 Å². The normalized spacial score (nSPS) is 10.1. The minimum absolute atomic E-state index is 0.649. The van der Waals surface area contributed by atoms with Crippen LogP contribution in [0, 0.1) is 0 Å². The Morgan fingerprint density at radius 1 is 1.33 bits per heavy atom. The van der Waals surface area contributed by atoms with Crippen molar-refractivity contribution in [1.82, 2.24) is 25.0 Å². The van der Waals surface area contributed by atoms with Crippen LogP contribution in [0.2, 0.25) is 0 Å². The van der Waals surface area contributed by atoms with E-state index in [2.05, 4.69) is 36.2 Å². The van der Waals surface area contributed by atoms with Crippen LogP contribution in [0.1, 0.15) is 0 Å². The van der Waals surface area contributed by atoms with Gasteiger partial charge in [-0.15, -0.1) is 5.10 Å². The van der Waals surface area contributed by atoms with Crippen LogP contribution in [0.25, 0.3) is 5.82 Å². The van der Waals surface area contributed by atoms with Gasteiger partial charge in [-0.2, -0.15) is 4.68 Å². The number of nitrogens with zero attached hydrogens (tertiary/aromatic N) is 5. The van der Waals surface area contributed by atoms with E-state index >= 15 is 0 Å². The predicted molar refractivity (Wildman–Crippen MR) is 44.6 cm³/mol. The summed E-state index contributed by atoms with van der Waals surface area (Å²) >= 11 is 3.19. The molecule has 0 aliphatic carbocycles. The summed E-state index contributed by atoms with van der Waals surface area (Å²) in [6, 6.07) is 0. The van der Waals surface area contributed by atoms with E-state index < -0.39 is 0 Å². The van der Waals surface area contributed by atoms with E-state index in [1.807, 2.05) is 0 Å². The molecule has 0 aliphatic heterocycles. The van der Waals surface area contributed by atoms with Gasteiger partial charge in [-0.05, 0) is 15.9 Å². The molecule has 0 unspecified atom stereocenters. The standard InChI is InChI=1S/C6H4BrN5/c7-5-4-12(11-10-5)6-3-8-1-2-9-6/h1-4H. The summed E-state index contributed by atoms with van der Waals surface area (Å²) in [5.41, 5.74) is 0. The van der Waals surface area contributed by atoms with Crippen LogP contribution >= 0.6 is 15.9 Å². The molecular weight excluding hydrogens is 222 g/mol. The first-order valence-electron chi connectivity index (χ1n) is 3.20. The third kappa shape index (κ3) is 1.33. The quantitative estimate of drug-likeness (QED) is 0.722. The smallest absolute Gasteiger partial charge is 0.173 e. The Morgan fingerprint density at radius 3 is 2.83 bits per heavy atom.